The van der Waals surface area contributed by atoms with Crippen molar-refractivity contribution in [1.29, 1.82) is 0 Å². The highest BCUT2D eigenvalue weighted by Gasteiger charge is 2.23. The molecule has 6 aromatic heterocycles. The number of amides is 11. The number of hydrogen-bond donors (Lipinski definition) is 11. The van der Waals surface area contributed by atoms with Crippen LogP contribution >= 0.6 is 0 Å². The molecule has 0 aliphatic heterocycles. The van der Waals surface area contributed by atoms with E-state index in [4.69, 9.17) is 0 Å². The van der Waals surface area contributed by atoms with Crippen LogP contribution in [0.4, 0.5) is 34.5 Å². The van der Waals surface area contributed by atoms with Crippen LogP contribution in [0.2, 0.25) is 0 Å². The lowest BCUT2D eigenvalue weighted by molar-refractivity contribution is -0.121. The van der Waals surface area contributed by atoms with E-state index < -0.39 is 47.3 Å². The maximum Gasteiger partial charge on any atom is 0.292 e. The predicted octanol–water partition coefficient (Wildman–Crippen LogP) is 0.219. The Morgan fingerprint density at radius 2 is 0.741 bits per heavy atom. The molecule has 6 aromatic rings. The summed E-state index contributed by atoms with van der Waals surface area (Å²) in [6.45, 7) is 2.87. The van der Waals surface area contributed by atoms with Gasteiger partial charge in [-0.15, -0.1) is 0 Å². The number of imidazole rings is 3. The molecular weight excluding hydrogens is 1110 g/mol. The molecule has 0 aliphatic rings. The summed E-state index contributed by atoms with van der Waals surface area (Å²) < 4.78 is 8.77. The molecule has 6 heterocycles. The van der Waals surface area contributed by atoms with Crippen molar-refractivity contribution < 1.29 is 52.7 Å². The normalized spacial score (nSPS) is 10.9. The summed E-state index contributed by atoms with van der Waals surface area (Å²) in [5, 5.41) is 29.3. The summed E-state index contributed by atoms with van der Waals surface area (Å²) in [5.41, 5.74) is 1.78. The Morgan fingerprint density at radius 1 is 0.376 bits per heavy atom. The topological polar surface area (TPSA) is 392 Å². The highest BCUT2D eigenvalue weighted by molar-refractivity contribution is 6.05. The van der Waals surface area contributed by atoms with Crippen molar-refractivity contribution in [3.63, 3.8) is 0 Å². The maximum atomic E-state index is 13.2. The van der Waals surface area contributed by atoms with Crippen LogP contribution in [0.15, 0.2) is 55.4 Å². The zero-order chi connectivity index (χ0) is 62.1. The molecule has 11 amide bonds. The van der Waals surface area contributed by atoms with Gasteiger partial charge in [-0.05, 0) is 51.7 Å². The zero-order valence-electron chi connectivity index (χ0n) is 48.6. The van der Waals surface area contributed by atoms with E-state index in [1.54, 1.807) is 59.2 Å². The first-order valence-corrected chi connectivity index (χ1v) is 26.8. The minimum Gasteiger partial charge on any atom is -0.356 e. The average Bonchev–Trinajstić information content (AvgIpc) is 4.01. The van der Waals surface area contributed by atoms with Gasteiger partial charge in [0.15, 0.2) is 17.5 Å². The first-order chi connectivity index (χ1) is 40.3. The quantitative estimate of drug-likeness (QED) is 0.0280. The molecule has 454 valence electrons. The molecule has 32 heteroatoms. The Labute approximate surface area is 487 Å². The minimum absolute atomic E-state index is 0.000240. The van der Waals surface area contributed by atoms with Crippen LogP contribution < -0.4 is 58.5 Å². The van der Waals surface area contributed by atoms with Crippen molar-refractivity contribution in [3.8, 4) is 0 Å². The zero-order valence-corrected chi connectivity index (χ0v) is 48.6. The van der Waals surface area contributed by atoms with Crippen LogP contribution in [0.1, 0.15) is 109 Å². The maximum absolute atomic E-state index is 13.2. The second-order valence-electron chi connectivity index (χ2n) is 20.0. The van der Waals surface area contributed by atoms with E-state index in [0.717, 1.165) is 13.0 Å². The summed E-state index contributed by atoms with van der Waals surface area (Å²) in [6, 6.07) is 4.44. The van der Waals surface area contributed by atoms with Gasteiger partial charge in [0.2, 0.25) is 47.0 Å². The number of carbonyl (C=O) groups is 11. The van der Waals surface area contributed by atoms with Crippen molar-refractivity contribution in [2.75, 3.05) is 85.3 Å². The first kappa shape index (κ1) is 63.8. The summed E-state index contributed by atoms with van der Waals surface area (Å²) >= 11 is 0. The van der Waals surface area contributed by atoms with Crippen LogP contribution in [-0.4, -0.2) is 166 Å². The summed E-state index contributed by atoms with van der Waals surface area (Å²) in [6.07, 6.45) is 9.89. The van der Waals surface area contributed by atoms with Gasteiger partial charge in [0.25, 0.3) is 35.4 Å². The Bertz CT molecular complexity index is 3480. The summed E-state index contributed by atoms with van der Waals surface area (Å²) in [7, 11) is 13.4. The largest absolute Gasteiger partial charge is 0.356 e. The van der Waals surface area contributed by atoms with Crippen molar-refractivity contribution in [3.05, 3.63) is 89.9 Å². The van der Waals surface area contributed by atoms with Gasteiger partial charge in [-0.2, -0.15) is 0 Å². The Balaban J connectivity index is 0.856. The van der Waals surface area contributed by atoms with Crippen molar-refractivity contribution in [2.45, 2.75) is 45.4 Å². The van der Waals surface area contributed by atoms with E-state index in [1.165, 1.54) is 72.7 Å². The second-order valence-corrected chi connectivity index (χ2v) is 20.0. The van der Waals surface area contributed by atoms with E-state index in [9.17, 15) is 52.7 Å². The molecule has 0 bridgehead atoms. The SMILES string of the molecule is CC(=O)Nc1cc(C(=O)NCCC(=O)Nc2cn(C)c(C(=O)Nc3cc(C(=O)NCCCC(=O)Nc4cc(C(=O)NCCC(=O)Nc5cn(C)c(C(=O)Nc6cn(C)c(C(=O)NCCC(=O)NCCCN(C)C)n6)n5)n(C)c4)n(C)c3)n2)n(C)c1. The van der Waals surface area contributed by atoms with Crippen molar-refractivity contribution >= 4 is 99.5 Å². The van der Waals surface area contributed by atoms with Crippen LogP contribution in [0.25, 0.3) is 0 Å². The lowest BCUT2D eigenvalue weighted by Crippen LogP contribution is -2.32. The van der Waals surface area contributed by atoms with E-state index in [-0.39, 0.29) is 134 Å². The highest BCUT2D eigenvalue weighted by atomic mass is 16.2. The second kappa shape index (κ2) is 29.5. The molecule has 0 aliphatic carbocycles. The molecule has 0 fully saturated rings. The number of anilines is 6. The molecule has 0 spiro atoms. The van der Waals surface area contributed by atoms with E-state index in [1.807, 2.05) is 19.0 Å². The van der Waals surface area contributed by atoms with Crippen LogP contribution in [0.3, 0.4) is 0 Å². The lowest BCUT2D eigenvalue weighted by Gasteiger charge is -2.10. The lowest BCUT2D eigenvalue weighted by atomic mass is 10.2. The van der Waals surface area contributed by atoms with E-state index >= 15 is 0 Å². The molecule has 85 heavy (non-hydrogen) atoms. The molecule has 32 nitrogen and oxygen atoms in total. The third-order valence-electron chi connectivity index (χ3n) is 12.5. The Hall–Kier alpha value is -10.4. The molecule has 0 radical (unpaired) electrons. The number of rotatable bonds is 29. The third-order valence-corrected chi connectivity index (χ3v) is 12.5. The van der Waals surface area contributed by atoms with E-state index in [0.29, 0.717) is 17.9 Å². The fraction of sp³-hybridized carbons (Fsp3) is 0.396. The van der Waals surface area contributed by atoms with Gasteiger partial charge in [0, 0.05) is 145 Å². The number of nitrogens with one attached hydrogen (secondary N) is 11. The standard InChI is InChI=1S/C53H71N21O11/c1-31(75)59-32-22-35(69(4)25-32)49(81)56-19-14-43(78)62-38-28-73(8)46(64-38)52(84)61-34-24-37(71(6)27-34)48(80)55-16-10-12-42(77)60-33-23-36(70(5)26-33)50(82)57-20-15-44(79)63-39-29-74(9)47(65-39)53(85)67-40-30-72(7)45(66-40)51(83)58-18-13-41(76)54-17-11-21-68(2)3/h22-30H,10-21H2,1-9H3,(H,54,76)(H,55,80)(H,56,81)(H,57,82)(H,58,83)(H,59,75)(H,60,77)(H,61,84)(H,62,78)(H,63,79)(H,67,85). The smallest absolute Gasteiger partial charge is 0.292 e. The van der Waals surface area contributed by atoms with Gasteiger partial charge in [-0.25, -0.2) is 15.0 Å². The first-order valence-electron chi connectivity index (χ1n) is 26.8. The van der Waals surface area contributed by atoms with Gasteiger partial charge >= 0.3 is 0 Å². The number of carbonyl (C=O) groups excluding carboxylic acids is 11. The van der Waals surface area contributed by atoms with Gasteiger partial charge in [-0.3, -0.25) is 52.7 Å². The summed E-state index contributed by atoms with van der Waals surface area (Å²) in [4.78, 5) is 154. The molecular formula is C53H71N21O11. The van der Waals surface area contributed by atoms with Crippen molar-refractivity contribution in [1.82, 2.24) is 73.8 Å². The predicted molar refractivity (Wildman–Crippen MR) is 311 cm³/mol. The number of aromatic nitrogens is 9. The minimum atomic E-state index is -0.670. The highest BCUT2D eigenvalue weighted by Crippen LogP contribution is 2.18. The molecule has 0 saturated carbocycles. The number of nitrogens with zero attached hydrogens (tertiary/aromatic N) is 10. The van der Waals surface area contributed by atoms with Gasteiger partial charge < -0.3 is 90.8 Å². The van der Waals surface area contributed by atoms with E-state index in [2.05, 4.69) is 73.4 Å². The van der Waals surface area contributed by atoms with Crippen LogP contribution in [-0.2, 0) is 66.3 Å². The monoisotopic (exact) mass is 1180 g/mol. The molecule has 0 saturated heterocycles. The number of aryl methyl sites for hydroxylation is 6. The number of hydrogen-bond acceptors (Lipinski definition) is 15. The van der Waals surface area contributed by atoms with Crippen LogP contribution in [0.5, 0.6) is 0 Å². The molecule has 0 aromatic carbocycles. The van der Waals surface area contributed by atoms with Crippen molar-refractivity contribution in [2.24, 2.45) is 42.3 Å². The Kier molecular flexibility index (Phi) is 22.2. The molecule has 0 atom stereocenters. The fourth-order valence-corrected chi connectivity index (χ4v) is 8.37. The fourth-order valence-electron chi connectivity index (χ4n) is 8.37. The molecule has 0 unspecified atom stereocenters. The van der Waals surface area contributed by atoms with Gasteiger partial charge in [0.05, 0.1) is 17.1 Å². The molecule has 6 rings (SSSR count). The third kappa shape index (κ3) is 18.8. The van der Waals surface area contributed by atoms with Crippen LogP contribution in [0, 0.1) is 0 Å². The molecule has 11 N–H and O–H groups in total. The Morgan fingerprint density at radius 3 is 1.20 bits per heavy atom. The van der Waals surface area contributed by atoms with Gasteiger partial charge in [0.1, 0.15) is 17.1 Å². The van der Waals surface area contributed by atoms with Gasteiger partial charge in [-0.1, -0.05) is 0 Å². The summed E-state index contributed by atoms with van der Waals surface area (Å²) in [5.74, 6) is -4.96. The average molecular weight is 1180 g/mol.